The summed E-state index contributed by atoms with van der Waals surface area (Å²) in [6.07, 6.45) is -4.72. The molecule has 0 radical (unpaired) electrons. The van der Waals surface area contributed by atoms with Crippen molar-refractivity contribution in [2.75, 3.05) is 5.32 Å². The number of halogens is 4. The molecule has 0 aliphatic carbocycles. The molecule has 0 spiro atoms. The fourth-order valence-corrected chi connectivity index (χ4v) is 8.39. The number of anilines is 1. The SMILES string of the molecule is N#Cc1ccc(NC(=O)C(F)(F)F)c(C[P+](c2ccccc2)(c2ccccc2)c2ccccc2)c1.[Cl-]. The summed E-state index contributed by atoms with van der Waals surface area (Å²) < 4.78 is 39.3. The number of nitriles is 1. The van der Waals surface area contributed by atoms with Crippen LogP contribution in [-0.4, -0.2) is 12.1 Å². The van der Waals surface area contributed by atoms with E-state index in [1.54, 1.807) is 6.07 Å². The number of hydrogen-bond donors (Lipinski definition) is 1. The van der Waals surface area contributed by atoms with Crippen LogP contribution in [0.2, 0.25) is 0 Å². The van der Waals surface area contributed by atoms with E-state index in [2.05, 4.69) is 6.07 Å². The monoisotopic (exact) mass is 524 g/mol. The highest BCUT2D eigenvalue weighted by atomic mass is 35.5. The van der Waals surface area contributed by atoms with Crippen LogP contribution in [0.15, 0.2) is 109 Å². The minimum atomic E-state index is -5.03. The van der Waals surface area contributed by atoms with Crippen molar-refractivity contribution in [2.45, 2.75) is 12.3 Å². The lowest BCUT2D eigenvalue weighted by atomic mass is 10.1. The second-order valence-corrected chi connectivity index (χ2v) is 11.4. The van der Waals surface area contributed by atoms with E-state index >= 15 is 0 Å². The largest absolute Gasteiger partial charge is 1.00 e. The maximum Gasteiger partial charge on any atom is 0.471 e. The van der Waals surface area contributed by atoms with Crippen LogP contribution in [0.25, 0.3) is 0 Å². The van der Waals surface area contributed by atoms with Gasteiger partial charge in [0.1, 0.15) is 29.3 Å². The van der Waals surface area contributed by atoms with Gasteiger partial charge >= 0.3 is 12.1 Å². The third-order valence-electron chi connectivity index (χ3n) is 5.74. The lowest BCUT2D eigenvalue weighted by Gasteiger charge is -2.28. The van der Waals surface area contributed by atoms with Crippen molar-refractivity contribution in [3.63, 3.8) is 0 Å². The van der Waals surface area contributed by atoms with Crippen LogP contribution in [-0.2, 0) is 11.0 Å². The number of amides is 1. The second kappa shape index (κ2) is 11.4. The lowest BCUT2D eigenvalue weighted by molar-refractivity contribution is -0.167. The van der Waals surface area contributed by atoms with E-state index < -0.39 is 19.3 Å². The average Bonchev–Trinajstić information content (AvgIpc) is 2.89. The summed E-state index contributed by atoms with van der Waals surface area (Å²) in [6, 6.07) is 35.9. The van der Waals surface area contributed by atoms with E-state index in [4.69, 9.17) is 0 Å². The van der Waals surface area contributed by atoms with Crippen molar-refractivity contribution in [1.82, 2.24) is 0 Å². The third-order valence-corrected chi connectivity index (χ3v) is 10.1. The number of carbonyl (C=O) groups is 1. The maximum atomic E-state index is 13.1. The number of nitrogens with one attached hydrogen (secondary N) is 1. The second-order valence-electron chi connectivity index (χ2n) is 7.91. The Morgan fingerprint density at radius 1 is 0.778 bits per heavy atom. The first kappa shape index (κ1) is 26.9. The van der Waals surface area contributed by atoms with Crippen molar-refractivity contribution in [2.24, 2.45) is 0 Å². The molecular weight excluding hydrogens is 504 g/mol. The van der Waals surface area contributed by atoms with E-state index in [1.165, 1.54) is 12.1 Å². The zero-order valence-corrected chi connectivity index (χ0v) is 20.6. The zero-order chi connectivity index (χ0) is 24.9. The van der Waals surface area contributed by atoms with Crippen LogP contribution in [0.3, 0.4) is 0 Å². The standard InChI is InChI=1S/C28H20F3N2OP.ClH/c29-28(30,31)27(34)33-26-17-16-21(19-32)18-22(26)20-35(23-10-4-1-5-11-23,24-12-6-2-7-13-24)25-14-8-3-9-15-25;/h1-18H,20H2;1H. The molecule has 0 atom stereocenters. The highest BCUT2D eigenvalue weighted by molar-refractivity contribution is 7.95. The molecule has 4 aromatic rings. The quantitative estimate of drug-likeness (QED) is 0.394. The molecule has 1 amide bonds. The minimum absolute atomic E-state index is 0. The first-order valence-electron chi connectivity index (χ1n) is 10.8. The molecule has 0 heterocycles. The summed E-state index contributed by atoms with van der Waals surface area (Å²) in [7, 11) is -2.46. The van der Waals surface area contributed by atoms with Gasteiger partial charge in [-0.1, -0.05) is 54.6 Å². The van der Waals surface area contributed by atoms with E-state index in [0.717, 1.165) is 15.9 Å². The summed E-state index contributed by atoms with van der Waals surface area (Å²) in [5, 5.41) is 14.6. The highest BCUT2D eigenvalue weighted by Crippen LogP contribution is 2.58. The summed E-state index contributed by atoms with van der Waals surface area (Å²) in [5.41, 5.74) is 0.808. The molecule has 8 heteroatoms. The van der Waals surface area contributed by atoms with Crippen molar-refractivity contribution in [3.8, 4) is 6.07 Å². The van der Waals surface area contributed by atoms with Gasteiger partial charge in [0.25, 0.3) is 0 Å². The number of nitrogens with zero attached hydrogens (tertiary/aromatic N) is 1. The number of carbonyl (C=O) groups excluding carboxylic acids is 1. The van der Waals surface area contributed by atoms with Gasteiger partial charge in [0.05, 0.1) is 11.6 Å². The molecule has 4 aromatic carbocycles. The lowest BCUT2D eigenvalue weighted by Crippen LogP contribution is -3.00. The summed E-state index contributed by atoms with van der Waals surface area (Å²) >= 11 is 0. The Morgan fingerprint density at radius 2 is 1.22 bits per heavy atom. The zero-order valence-electron chi connectivity index (χ0n) is 18.9. The Balaban J connectivity index is 0.00000361. The van der Waals surface area contributed by atoms with Gasteiger partial charge in [0, 0.05) is 11.3 Å². The van der Waals surface area contributed by atoms with Crippen molar-refractivity contribution in [3.05, 3.63) is 120 Å². The molecule has 0 saturated carbocycles. The van der Waals surface area contributed by atoms with Crippen LogP contribution < -0.4 is 33.6 Å². The third kappa shape index (κ3) is 5.60. The normalized spacial score (nSPS) is 11.2. The van der Waals surface area contributed by atoms with Crippen molar-refractivity contribution in [1.29, 1.82) is 5.26 Å². The predicted molar refractivity (Wildman–Crippen MR) is 135 cm³/mol. The smallest absolute Gasteiger partial charge is 0.471 e. The molecule has 0 bridgehead atoms. The van der Waals surface area contributed by atoms with Gasteiger partial charge in [0.2, 0.25) is 0 Å². The highest BCUT2D eigenvalue weighted by Gasteiger charge is 2.46. The average molecular weight is 525 g/mol. The molecular formula is C28H21ClF3N2OP. The van der Waals surface area contributed by atoms with E-state index in [-0.39, 0.29) is 18.1 Å². The predicted octanol–water partition coefficient (Wildman–Crippen LogP) is 2.56. The molecule has 3 nitrogen and oxygen atoms in total. The summed E-state index contributed by atoms with van der Waals surface area (Å²) in [4.78, 5) is 11.8. The van der Waals surface area contributed by atoms with Gasteiger partial charge in [-0.2, -0.15) is 18.4 Å². The Bertz CT molecular complexity index is 1260. The Kier molecular flexibility index (Phi) is 8.53. The molecule has 0 aromatic heterocycles. The maximum absolute atomic E-state index is 13.1. The van der Waals surface area contributed by atoms with Gasteiger partial charge in [-0.3, -0.25) is 4.79 Å². The van der Waals surface area contributed by atoms with Crippen molar-refractivity contribution >= 4 is 34.8 Å². The molecule has 0 saturated heterocycles. The minimum Gasteiger partial charge on any atom is -1.00 e. The van der Waals surface area contributed by atoms with Gasteiger partial charge in [-0.15, -0.1) is 0 Å². The van der Waals surface area contributed by atoms with Crippen LogP contribution >= 0.6 is 7.26 Å². The van der Waals surface area contributed by atoms with E-state index in [1.807, 2.05) is 96.3 Å². The Hall–Kier alpha value is -3.65. The van der Waals surface area contributed by atoms with Crippen LogP contribution in [0.5, 0.6) is 0 Å². The fourth-order valence-electron chi connectivity index (χ4n) is 4.13. The Labute approximate surface area is 214 Å². The summed E-state index contributed by atoms with van der Waals surface area (Å²) in [6.45, 7) is 0. The van der Waals surface area contributed by atoms with E-state index in [0.29, 0.717) is 17.3 Å². The van der Waals surface area contributed by atoms with Gasteiger partial charge in [-0.25, -0.2) is 0 Å². The fraction of sp³-hybridized carbons (Fsp3) is 0.0714. The van der Waals surface area contributed by atoms with Crippen LogP contribution in [0, 0.1) is 11.3 Å². The molecule has 182 valence electrons. The van der Waals surface area contributed by atoms with Crippen LogP contribution in [0.4, 0.5) is 18.9 Å². The molecule has 36 heavy (non-hydrogen) atoms. The number of hydrogen-bond acceptors (Lipinski definition) is 2. The molecule has 4 rings (SSSR count). The van der Waals surface area contributed by atoms with Crippen LogP contribution in [0.1, 0.15) is 11.1 Å². The number of alkyl halides is 3. The first-order valence-corrected chi connectivity index (χ1v) is 12.8. The molecule has 0 aliphatic heterocycles. The number of benzene rings is 4. The molecule has 0 unspecified atom stereocenters. The summed E-state index contributed by atoms with van der Waals surface area (Å²) in [5.74, 6) is -2.05. The first-order chi connectivity index (χ1) is 16.8. The van der Waals surface area contributed by atoms with Gasteiger partial charge in [0.15, 0.2) is 0 Å². The van der Waals surface area contributed by atoms with Gasteiger partial charge < -0.3 is 17.7 Å². The van der Waals surface area contributed by atoms with Crippen molar-refractivity contribution < 1.29 is 30.4 Å². The number of rotatable bonds is 6. The topological polar surface area (TPSA) is 52.9 Å². The van der Waals surface area contributed by atoms with E-state index in [9.17, 15) is 23.2 Å². The molecule has 1 N–H and O–H groups in total. The molecule has 0 aliphatic rings. The Morgan fingerprint density at radius 3 is 1.61 bits per heavy atom. The van der Waals surface area contributed by atoms with Gasteiger partial charge in [-0.05, 0) is 54.6 Å². The molecule has 0 fully saturated rings.